The number of carbonyl (C=O) groups is 3. The number of rotatable bonds is 4. The standard InChI is InChI=1S/C23H20N2O4S/c1-3-4-11-25-18-10-9-14(24-21(26)16-13-17(16)23(28)29-2)12-20(18)30-19-8-6-5-7-15(19)22(25)27/h5-10,12,16-17H,11,13H2,1-2H3,(H,24,26)/t16-,17+/m0/s1. The van der Waals surface area contributed by atoms with Gasteiger partial charge in [0, 0.05) is 15.5 Å². The first-order valence-electron chi connectivity index (χ1n) is 9.54. The third kappa shape index (κ3) is 3.79. The van der Waals surface area contributed by atoms with E-state index in [4.69, 9.17) is 4.74 Å². The van der Waals surface area contributed by atoms with Crippen molar-refractivity contribution in [3.05, 3.63) is 48.0 Å². The Bertz CT molecular complexity index is 1100. The van der Waals surface area contributed by atoms with Crippen molar-refractivity contribution in [2.75, 3.05) is 23.9 Å². The normalized spacial score (nSPS) is 18.9. The van der Waals surface area contributed by atoms with Crippen LogP contribution in [0.1, 0.15) is 23.7 Å². The maximum Gasteiger partial charge on any atom is 0.309 e. The molecule has 2 aliphatic rings. The number of carbonyl (C=O) groups excluding carboxylic acids is 3. The zero-order chi connectivity index (χ0) is 21.3. The van der Waals surface area contributed by atoms with Crippen molar-refractivity contribution >= 4 is 40.9 Å². The quantitative estimate of drug-likeness (QED) is 0.605. The fraction of sp³-hybridized carbons (Fsp3) is 0.261. The van der Waals surface area contributed by atoms with E-state index in [-0.39, 0.29) is 36.2 Å². The van der Waals surface area contributed by atoms with Gasteiger partial charge in [-0.1, -0.05) is 29.8 Å². The summed E-state index contributed by atoms with van der Waals surface area (Å²) in [5.41, 5.74) is 2.00. The second kappa shape index (κ2) is 8.25. The zero-order valence-corrected chi connectivity index (χ0v) is 17.4. The first-order valence-corrected chi connectivity index (χ1v) is 10.4. The van der Waals surface area contributed by atoms with Gasteiger partial charge in [0.15, 0.2) is 0 Å². The number of esters is 1. The van der Waals surface area contributed by atoms with E-state index in [0.29, 0.717) is 17.7 Å². The number of hydrogen-bond donors (Lipinski definition) is 1. The molecular weight excluding hydrogens is 400 g/mol. The molecule has 4 rings (SSSR count). The molecule has 0 unspecified atom stereocenters. The van der Waals surface area contributed by atoms with Crippen LogP contribution in [0.3, 0.4) is 0 Å². The fourth-order valence-electron chi connectivity index (χ4n) is 3.45. The van der Waals surface area contributed by atoms with Crippen LogP contribution >= 0.6 is 11.8 Å². The second-order valence-corrected chi connectivity index (χ2v) is 8.14. The fourth-order valence-corrected chi connectivity index (χ4v) is 4.57. The van der Waals surface area contributed by atoms with Gasteiger partial charge >= 0.3 is 5.97 Å². The SMILES string of the molecule is CC#CCN1C(=O)c2ccccc2Sc2cc(NC(=O)[C@H]3C[C@H]3C(=O)OC)ccc21. The Labute approximate surface area is 179 Å². The van der Waals surface area contributed by atoms with Crippen molar-refractivity contribution in [1.82, 2.24) is 0 Å². The summed E-state index contributed by atoms with van der Waals surface area (Å²) in [6, 6.07) is 12.9. The first kappa shape index (κ1) is 20.0. The Morgan fingerprint density at radius 3 is 2.77 bits per heavy atom. The lowest BCUT2D eigenvalue weighted by atomic mass is 10.1. The largest absolute Gasteiger partial charge is 0.469 e. The Morgan fingerprint density at radius 2 is 2.00 bits per heavy atom. The van der Waals surface area contributed by atoms with Crippen LogP contribution in [0.5, 0.6) is 0 Å². The molecule has 1 fully saturated rings. The molecule has 1 saturated carbocycles. The minimum absolute atomic E-state index is 0.102. The van der Waals surface area contributed by atoms with Crippen LogP contribution in [-0.2, 0) is 14.3 Å². The molecule has 30 heavy (non-hydrogen) atoms. The molecule has 2 aromatic carbocycles. The van der Waals surface area contributed by atoms with Gasteiger partial charge in [-0.15, -0.1) is 5.92 Å². The second-order valence-electron chi connectivity index (χ2n) is 7.06. The molecule has 2 atom stereocenters. The van der Waals surface area contributed by atoms with E-state index in [9.17, 15) is 14.4 Å². The van der Waals surface area contributed by atoms with Crippen molar-refractivity contribution in [2.45, 2.75) is 23.1 Å². The first-order chi connectivity index (χ1) is 14.5. The minimum atomic E-state index is -0.363. The lowest BCUT2D eigenvalue weighted by Crippen LogP contribution is -2.31. The van der Waals surface area contributed by atoms with Gasteiger partial charge in [-0.25, -0.2) is 0 Å². The topological polar surface area (TPSA) is 75.7 Å². The molecule has 1 aliphatic heterocycles. The Balaban J connectivity index is 1.63. The van der Waals surface area contributed by atoms with E-state index >= 15 is 0 Å². The molecule has 0 aromatic heterocycles. The van der Waals surface area contributed by atoms with Gasteiger partial charge < -0.3 is 10.1 Å². The van der Waals surface area contributed by atoms with Crippen LogP contribution in [-0.4, -0.2) is 31.4 Å². The monoisotopic (exact) mass is 420 g/mol. The predicted octanol–water partition coefficient (Wildman–Crippen LogP) is 3.57. The third-order valence-corrected chi connectivity index (χ3v) is 6.27. The molecule has 0 spiro atoms. The third-order valence-electron chi connectivity index (χ3n) is 5.15. The zero-order valence-electron chi connectivity index (χ0n) is 16.6. The number of hydrogen-bond acceptors (Lipinski definition) is 5. The summed E-state index contributed by atoms with van der Waals surface area (Å²) in [6.07, 6.45) is 0.504. The average molecular weight is 420 g/mol. The van der Waals surface area contributed by atoms with E-state index in [1.165, 1.54) is 18.9 Å². The number of amides is 2. The lowest BCUT2D eigenvalue weighted by Gasteiger charge is -2.21. The van der Waals surface area contributed by atoms with E-state index in [2.05, 4.69) is 17.2 Å². The van der Waals surface area contributed by atoms with Crippen molar-refractivity contribution in [1.29, 1.82) is 0 Å². The predicted molar refractivity (Wildman–Crippen MR) is 114 cm³/mol. The van der Waals surface area contributed by atoms with Crippen LogP contribution in [0, 0.1) is 23.7 Å². The van der Waals surface area contributed by atoms with Gasteiger partial charge in [0.2, 0.25) is 5.91 Å². The highest BCUT2D eigenvalue weighted by atomic mass is 32.2. The number of fused-ring (bicyclic) bond motifs is 2. The summed E-state index contributed by atoms with van der Waals surface area (Å²) in [5.74, 6) is 4.44. The van der Waals surface area contributed by atoms with Gasteiger partial charge in [0.05, 0.1) is 36.7 Å². The maximum absolute atomic E-state index is 13.1. The number of nitrogens with zero attached hydrogens (tertiary/aromatic N) is 1. The maximum atomic E-state index is 13.1. The highest BCUT2D eigenvalue weighted by Gasteiger charge is 2.49. The summed E-state index contributed by atoms with van der Waals surface area (Å²) < 4.78 is 4.71. The summed E-state index contributed by atoms with van der Waals surface area (Å²) in [6.45, 7) is 2.02. The van der Waals surface area contributed by atoms with Crippen LogP contribution in [0.2, 0.25) is 0 Å². The molecule has 0 saturated heterocycles. The van der Waals surface area contributed by atoms with Crippen molar-refractivity contribution in [3.8, 4) is 11.8 Å². The number of benzene rings is 2. The summed E-state index contributed by atoms with van der Waals surface area (Å²) in [4.78, 5) is 40.6. The van der Waals surface area contributed by atoms with Crippen LogP contribution < -0.4 is 10.2 Å². The number of ether oxygens (including phenoxy) is 1. The van der Waals surface area contributed by atoms with Gasteiger partial charge in [0.25, 0.3) is 5.91 Å². The lowest BCUT2D eigenvalue weighted by molar-refractivity contribution is -0.143. The Hall–Kier alpha value is -3.24. The molecular formula is C23H20N2O4S. The summed E-state index contributed by atoms with van der Waals surface area (Å²) in [7, 11) is 1.33. The number of nitrogens with one attached hydrogen (secondary N) is 1. The van der Waals surface area contributed by atoms with Gasteiger partial charge in [-0.05, 0) is 43.7 Å². The minimum Gasteiger partial charge on any atom is -0.469 e. The van der Waals surface area contributed by atoms with Crippen molar-refractivity contribution < 1.29 is 19.1 Å². The molecule has 1 N–H and O–H groups in total. The van der Waals surface area contributed by atoms with E-state index < -0.39 is 0 Å². The van der Waals surface area contributed by atoms with E-state index in [1.807, 2.05) is 36.4 Å². The summed E-state index contributed by atoms with van der Waals surface area (Å²) in [5, 5.41) is 2.89. The van der Waals surface area contributed by atoms with Gasteiger partial charge in [0.1, 0.15) is 0 Å². The van der Waals surface area contributed by atoms with E-state index in [1.54, 1.807) is 17.9 Å². The molecule has 2 amide bonds. The average Bonchev–Trinajstić information content (AvgIpc) is 3.56. The Kier molecular flexibility index (Phi) is 5.51. The van der Waals surface area contributed by atoms with Crippen LogP contribution in [0.15, 0.2) is 52.3 Å². The molecule has 0 radical (unpaired) electrons. The van der Waals surface area contributed by atoms with Crippen molar-refractivity contribution in [2.24, 2.45) is 11.8 Å². The van der Waals surface area contributed by atoms with Gasteiger partial charge in [-0.3, -0.25) is 19.3 Å². The van der Waals surface area contributed by atoms with Crippen LogP contribution in [0.25, 0.3) is 0 Å². The number of methoxy groups -OCH3 is 1. The number of anilines is 2. The van der Waals surface area contributed by atoms with Crippen molar-refractivity contribution in [3.63, 3.8) is 0 Å². The molecule has 6 nitrogen and oxygen atoms in total. The molecule has 7 heteroatoms. The summed E-state index contributed by atoms with van der Waals surface area (Å²) >= 11 is 1.48. The highest BCUT2D eigenvalue weighted by molar-refractivity contribution is 7.99. The molecule has 152 valence electrons. The van der Waals surface area contributed by atoms with E-state index in [0.717, 1.165) is 15.5 Å². The molecule has 1 aliphatic carbocycles. The molecule has 2 aromatic rings. The van der Waals surface area contributed by atoms with Gasteiger partial charge in [-0.2, -0.15) is 0 Å². The molecule has 0 bridgehead atoms. The smallest absolute Gasteiger partial charge is 0.309 e. The highest BCUT2D eigenvalue weighted by Crippen LogP contribution is 2.43. The van der Waals surface area contributed by atoms with Crippen LogP contribution in [0.4, 0.5) is 11.4 Å². The Morgan fingerprint density at radius 1 is 1.20 bits per heavy atom. The molecule has 1 heterocycles.